The van der Waals surface area contributed by atoms with Crippen molar-refractivity contribution < 1.29 is 4.74 Å². The molecular weight excluding hydrogens is 222 g/mol. The summed E-state index contributed by atoms with van der Waals surface area (Å²) in [5.74, 6) is 0.949. The van der Waals surface area contributed by atoms with E-state index >= 15 is 0 Å². The molecule has 0 spiro atoms. The van der Waals surface area contributed by atoms with Gasteiger partial charge in [-0.15, -0.1) is 0 Å². The second-order valence-corrected chi connectivity index (χ2v) is 4.94. The molecule has 1 aliphatic rings. The van der Waals surface area contributed by atoms with Crippen LogP contribution in [0.25, 0.3) is 11.1 Å². The average Bonchev–Trinajstić information content (AvgIpc) is 2.38. The molecule has 0 amide bonds. The minimum Gasteiger partial charge on any atom is -0.489 e. The lowest BCUT2D eigenvalue weighted by molar-refractivity contribution is 0.292. The molecule has 1 N–H and O–H groups in total. The van der Waals surface area contributed by atoms with Crippen LogP contribution in [0, 0.1) is 6.92 Å². The van der Waals surface area contributed by atoms with Gasteiger partial charge in [0.05, 0.1) is 11.7 Å². The van der Waals surface area contributed by atoms with Gasteiger partial charge in [-0.2, -0.15) is 0 Å². The van der Waals surface area contributed by atoms with Crippen molar-refractivity contribution in [3.63, 3.8) is 0 Å². The fraction of sp³-hybridized carbons (Fsp3) is 0.250. The van der Waals surface area contributed by atoms with E-state index in [-0.39, 0.29) is 0 Å². The maximum Gasteiger partial charge on any atom is 0.142 e. The van der Waals surface area contributed by atoms with Crippen LogP contribution >= 0.6 is 0 Å². The highest BCUT2D eigenvalue weighted by Crippen LogP contribution is 2.33. The number of hydrogen-bond donors (Lipinski definition) is 1. The van der Waals surface area contributed by atoms with Crippen molar-refractivity contribution in [2.75, 3.05) is 11.9 Å². The van der Waals surface area contributed by atoms with E-state index in [0.29, 0.717) is 6.04 Å². The molecule has 2 heteroatoms. The van der Waals surface area contributed by atoms with Gasteiger partial charge in [0.15, 0.2) is 0 Å². The van der Waals surface area contributed by atoms with Gasteiger partial charge in [-0.05, 0) is 37.1 Å². The molecule has 0 bridgehead atoms. The molecule has 1 unspecified atom stereocenters. The van der Waals surface area contributed by atoms with Crippen molar-refractivity contribution in [1.29, 1.82) is 0 Å². The molecule has 0 aliphatic carbocycles. The summed E-state index contributed by atoms with van der Waals surface area (Å²) in [4.78, 5) is 0. The van der Waals surface area contributed by atoms with Gasteiger partial charge in [-0.3, -0.25) is 0 Å². The molecule has 2 aromatic rings. The van der Waals surface area contributed by atoms with Gasteiger partial charge in [0.1, 0.15) is 12.4 Å². The van der Waals surface area contributed by atoms with E-state index in [2.05, 4.69) is 55.6 Å². The van der Waals surface area contributed by atoms with Crippen LogP contribution in [0.15, 0.2) is 42.5 Å². The van der Waals surface area contributed by atoms with Crippen LogP contribution in [-0.4, -0.2) is 12.6 Å². The number of benzene rings is 2. The Morgan fingerprint density at radius 3 is 2.78 bits per heavy atom. The molecule has 2 nitrogen and oxygen atoms in total. The van der Waals surface area contributed by atoms with Gasteiger partial charge in [-0.1, -0.05) is 35.9 Å². The predicted octanol–water partition coefficient (Wildman–Crippen LogP) is 3.85. The van der Waals surface area contributed by atoms with Crippen molar-refractivity contribution in [3.8, 4) is 16.9 Å². The molecule has 3 rings (SSSR count). The summed E-state index contributed by atoms with van der Waals surface area (Å²) in [5.41, 5.74) is 4.84. The predicted molar refractivity (Wildman–Crippen MR) is 75.2 cm³/mol. The van der Waals surface area contributed by atoms with Crippen LogP contribution < -0.4 is 10.1 Å². The summed E-state index contributed by atoms with van der Waals surface area (Å²) in [6.07, 6.45) is 0. The van der Waals surface area contributed by atoms with E-state index in [9.17, 15) is 0 Å². The molecule has 0 aromatic heterocycles. The molecule has 18 heavy (non-hydrogen) atoms. The fourth-order valence-electron chi connectivity index (χ4n) is 2.29. The van der Waals surface area contributed by atoms with Crippen molar-refractivity contribution in [2.45, 2.75) is 19.9 Å². The zero-order chi connectivity index (χ0) is 12.5. The minimum absolute atomic E-state index is 0.366. The number of ether oxygens (including phenoxy) is 1. The van der Waals surface area contributed by atoms with Gasteiger partial charge in [0, 0.05) is 0 Å². The second kappa shape index (κ2) is 4.37. The molecule has 1 atom stereocenters. The number of fused-ring (bicyclic) bond motifs is 1. The van der Waals surface area contributed by atoms with E-state index in [0.717, 1.165) is 18.0 Å². The molecular formula is C16H17NO. The third kappa shape index (κ3) is 2.06. The van der Waals surface area contributed by atoms with Gasteiger partial charge < -0.3 is 10.1 Å². The maximum atomic E-state index is 5.69. The molecule has 2 aromatic carbocycles. The third-order valence-electron chi connectivity index (χ3n) is 3.22. The quantitative estimate of drug-likeness (QED) is 0.816. The molecule has 1 heterocycles. The number of hydrogen-bond acceptors (Lipinski definition) is 2. The van der Waals surface area contributed by atoms with E-state index in [1.807, 2.05) is 6.07 Å². The molecule has 92 valence electrons. The van der Waals surface area contributed by atoms with Crippen LogP contribution in [0.1, 0.15) is 12.5 Å². The first kappa shape index (κ1) is 11.1. The summed E-state index contributed by atoms with van der Waals surface area (Å²) >= 11 is 0. The fourth-order valence-corrected chi connectivity index (χ4v) is 2.29. The van der Waals surface area contributed by atoms with Crippen LogP contribution in [-0.2, 0) is 0 Å². The van der Waals surface area contributed by atoms with Crippen LogP contribution in [0.3, 0.4) is 0 Å². The first-order valence-corrected chi connectivity index (χ1v) is 6.33. The van der Waals surface area contributed by atoms with Crippen molar-refractivity contribution in [2.24, 2.45) is 0 Å². The molecule has 0 radical (unpaired) electrons. The lowest BCUT2D eigenvalue weighted by Gasteiger charge is -2.25. The normalized spacial score (nSPS) is 17.6. The van der Waals surface area contributed by atoms with Gasteiger partial charge >= 0.3 is 0 Å². The number of nitrogens with one attached hydrogen (secondary N) is 1. The molecule has 0 fully saturated rings. The summed E-state index contributed by atoms with van der Waals surface area (Å²) in [6.45, 7) is 4.98. The Bertz CT molecular complexity index is 577. The lowest BCUT2D eigenvalue weighted by Crippen LogP contribution is -2.28. The summed E-state index contributed by atoms with van der Waals surface area (Å²) < 4.78 is 5.69. The van der Waals surface area contributed by atoms with Crippen LogP contribution in [0.4, 0.5) is 5.69 Å². The Hall–Kier alpha value is -1.96. The Kier molecular flexibility index (Phi) is 2.71. The van der Waals surface area contributed by atoms with Crippen molar-refractivity contribution in [3.05, 3.63) is 48.0 Å². The van der Waals surface area contributed by atoms with Crippen LogP contribution in [0.2, 0.25) is 0 Å². The standard InChI is InChI=1S/C16H17NO/c1-11-4-3-5-13(8-11)14-6-7-16-15(9-14)17-12(2)10-18-16/h3-9,12,17H,10H2,1-2H3. The highest BCUT2D eigenvalue weighted by Gasteiger charge is 2.15. The van der Waals surface area contributed by atoms with Gasteiger partial charge in [0.2, 0.25) is 0 Å². The van der Waals surface area contributed by atoms with Crippen LogP contribution in [0.5, 0.6) is 5.75 Å². The highest BCUT2D eigenvalue weighted by atomic mass is 16.5. The average molecular weight is 239 g/mol. The zero-order valence-corrected chi connectivity index (χ0v) is 10.7. The second-order valence-electron chi connectivity index (χ2n) is 4.94. The third-order valence-corrected chi connectivity index (χ3v) is 3.22. The monoisotopic (exact) mass is 239 g/mol. The van der Waals surface area contributed by atoms with E-state index in [4.69, 9.17) is 4.74 Å². The molecule has 1 aliphatic heterocycles. The minimum atomic E-state index is 0.366. The molecule has 0 saturated heterocycles. The van der Waals surface area contributed by atoms with E-state index < -0.39 is 0 Å². The molecule has 0 saturated carbocycles. The summed E-state index contributed by atoms with van der Waals surface area (Å²) in [5, 5.41) is 3.46. The smallest absolute Gasteiger partial charge is 0.142 e. The highest BCUT2D eigenvalue weighted by molar-refractivity contribution is 5.73. The lowest BCUT2D eigenvalue weighted by atomic mass is 10.0. The van der Waals surface area contributed by atoms with Gasteiger partial charge in [-0.25, -0.2) is 0 Å². The summed E-state index contributed by atoms with van der Waals surface area (Å²) in [6, 6.07) is 15.3. The first-order valence-electron chi connectivity index (χ1n) is 6.33. The Balaban J connectivity index is 2.01. The Labute approximate surface area is 108 Å². The number of aryl methyl sites for hydroxylation is 1. The number of rotatable bonds is 1. The van der Waals surface area contributed by atoms with E-state index in [1.165, 1.54) is 16.7 Å². The summed E-state index contributed by atoms with van der Waals surface area (Å²) in [7, 11) is 0. The first-order chi connectivity index (χ1) is 8.72. The largest absolute Gasteiger partial charge is 0.489 e. The van der Waals surface area contributed by atoms with E-state index in [1.54, 1.807) is 0 Å². The van der Waals surface area contributed by atoms with Crippen molar-refractivity contribution in [1.82, 2.24) is 0 Å². The topological polar surface area (TPSA) is 21.3 Å². The zero-order valence-electron chi connectivity index (χ0n) is 10.7. The van der Waals surface area contributed by atoms with Crippen molar-refractivity contribution >= 4 is 5.69 Å². The Morgan fingerprint density at radius 2 is 1.94 bits per heavy atom. The maximum absolute atomic E-state index is 5.69. The number of anilines is 1. The Morgan fingerprint density at radius 1 is 1.11 bits per heavy atom. The SMILES string of the molecule is Cc1cccc(-c2ccc3c(c2)NC(C)CO3)c1. The van der Waals surface area contributed by atoms with Gasteiger partial charge in [0.25, 0.3) is 0 Å².